The molecule has 1 unspecified atom stereocenters. The second kappa shape index (κ2) is 5.53. The highest BCUT2D eigenvalue weighted by Crippen LogP contribution is 2.24. The van der Waals surface area contributed by atoms with E-state index in [4.69, 9.17) is 11.6 Å². The zero-order valence-electron chi connectivity index (χ0n) is 10.1. The van der Waals surface area contributed by atoms with Crippen LogP contribution in [0.5, 0.6) is 0 Å². The number of halogens is 4. The van der Waals surface area contributed by atoms with Gasteiger partial charge in [-0.2, -0.15) is 0 Å². The van der Waals surface area contributed by atoms with Crippen LogP contribution in [0.1, 0.15) is 18.5 Å². The lowest BCUT2D eigenvalue weighted by molar-refractivity contribution is 0.509. The molecule has 0 amide bonds. The molecule has 1 atom stereocenters. The van der Waals surface area contributed by atoms with Gasteiger partial charge in [0.25, 0.3) is 0 Å². The van der Waals surface area contributed by atoms with Crippen LogP contribution in [0.3, 0.4) is 0 Å². The van der Waals surface area contributed by atoms with Crippen molar-refractivity contribution in [3.05, 3.63) is 64.4 Å². The molecule has 2 aromatic carbocycles. The number of benzene rings is 2. The fraction of sp³-hybridized carbons (Fsp3) is 0.143. The van der Waals surface area contributed by atoms with Gasteiger partial charge >= 0.3 is 0 Å². The van der Waals surface area contributed by atoms with Gasteiger partial charge in [0.1, 0.15) is 5.82 Å². The fourth-order valence-electron chi connectivity index (χ4n) is 1.70. The lowest BCUT2D eigenvalue weighted by Crippen LogP contribution is -2.07. The minimum Gasteiger partial charge on any atom is -0.378 e. The molecule has 100 valence electrons. The maximum Gasteiger partial charge on any atom is 0.160 e. The van der Waals surface area contributed by atoms with Crippen LogP contribution in [0, 0.1) is 17.5 Å². The van der Waals surface area contributed by atoms with E-state index in [1.807, 2.05) is 6.92 Å². The monoisotopic (exact) mass is 285 g/mol. The Hall–Kier alpha value is -1.68. The van der Waals surface area contributed by atoms with Gasteiger partial charge in [-0.1, -0.05) is 17.7 Å². The third-order valence-corrected chi connectivity index (χ3v) is 3.04. The van der Waals surface area contributed by atoms with Crippen molar-refractivity contribution in [3.63, 3.8) is 0 Å². The molecule has 2 aromatic rings. The minimum absolute atomic E-state index is 0.0245. The summed E-state index contributed by atoms with van der Waals surface area (Å²) in [4.78, 5) is 0. The van der Waals surface area contributed by atoms with Gasteiger partial charge in [-0.15, -0.1) is 0 Å². The van der Waals surface area contributed by atoms with Crippen LogP contribution in [0.4, 0.5) is 18.9 Å². The second-order valence-corrected chi connectivity index (χ2v) is 4.58. The first kappa shape index (κ1) is 13.7. The van der Waals surface area contributed by atoms with E-state index < -0.39 is 17.5 Å². The lowest BCUT2D eigenvalue weighted by Gasteiger charge is -2.16. The molecule has 0 aromatic heterocycles. The second-order valence-electron chi connectivity index (χ2n) is 4.17. The van der Waals surface area contributed by atoms with E-state index in [1.165, 1.54) is 18.2 Å². The van der Waals surface area contributed by atoms with E-state index in [2.05, 4.69) is 5.32 Å². The molecule has 5 heteroatoms. The summed E-state index contributed by atoms with van der Waals surface area (Å²) in [6.45, 7) is 1.81. The summed E-state index contributed by atoms with van der Waals surface area (Å²) in [6, 6.07) is 7.66. The SMILES string of the molecule is CC(Nc1ccc(F)c(F)c1)c1ccc(F)c(Cl)c1. The molecule has 0 aliphatic rings. The summed E-state index contributed by atoms with van der Waals surface area (Å²) in [6.07, 6.45) is 0. The Balaban J connectivity index is 2.17. The minimum atomic E-state index is -0.922. The Kier molecular flexibility index (Phi) is 4.00. The average Bonchev–Trinajstić information content (AvgIpc) is 2.37. The van der Waals surface area contributed by atoms with E-state index >= 15 is 0 Å². The first-order chi connectivity index (χ1) is 8.97. The molecule has 0 radical (unpaired) electrons. The molecule has 1 N–H and O–H groups in total. The maximum absolute atomic E-state index is 13.1. The zero-order valence-corrected chi connectivity index (χ0v) is 10.8. The Labute approximate surface area is 114 Å². The molecule has 0 heterocycles. The van der Waals surface area contributed by atoms with Crippen LogP contribution >= 0.6 is 11.6 Å². The van der Waals surface area contributed by atoms with Crippen LogP contribution < -0.4 is 5.32 Å². The Morgan fingerprint density at radius 1 is 0.947 bits per heavy atom. The summed E-state index contributed by atoms with van der Waals surface area (Å²) in [7, 11) is 0. The molecule has 2 rings (SSSR count). The highest BCUT2D eigenvalue weighted by atomic mass is 35.5. The van der Waals surface area contributed by atoms with Gasteiger partial charge in [-0.05, 0) is 36.8 Å². The summed E-state index contributed by atoms with van der Waals surface area (Å²) < 4.78 is 38.9. The van der Waals surface area contributed by atoms with Gasteiger partial charge in [-0.3, -0.25) is 0 Å². The first-order valence-corrected chi connectivity index (χ1v) is 6.01. The zero-order chi connectivity index (χ0) is 14.0. The molecule has 19 heavy (non-hydrogen) atoms. The molecule has 1 nitrogen and oxygen atoms in total. The average molecular weight is 286 g/mol. The molecule has 0 spiro atoms. The molecule has 0 saturated heterocycles. The number of hydrogen-bond acceptors (Lipinski definition) is 1. The molecular formula is C14H11ClF3N. The number of anilines is 1. The number of rotatable bonds is 3. The van der Waals surface area contributed by atoms with Gasteiger partial charge in [0, 0.05) is 17.8 Å². The van der Waals surface area contributed by atoms with Crippen molar-refractivity contribution >= 4 is 17.3 Å². The van der Waals surface area contributed by atoms with Gasteiger partial charge < -0.3 is 5.32 Å². The molecule has 0 aliphatic carbocycles. The van der Waals surface area contributed by atoms with Crippen molar-refractivity contribution in [1.82, 2.24) is 0 Å². The summed E-state index contributed by atoms with van der Waals surface area (Å²) >= 11 is 5.69. The van der Waals surface area contributed by atoms with E-state index in [9.17, 15) is 13.2 Å². The summed E-state index contributed by atoms with van der Waals surface area (Å²) in [5.74, 6) is -2.32. The van der Waals surface area contributed by atoms with E-state index in [1.54, 1.807) is 6.07 Å². The Morgan fingerprint density at radius 3 is 2.26 bits per heavy atom. The van der Waals surface area contributed by atoms with Crippen LogP contribution in [-0.2, 0) is 0 Å². The highest BCUT2D eigenvalue weighted by molar-refractivity contribution is 6.30. The van der Waals surface area contributed by atoms with Gasteiger partial charge in [0.05, 0.1) is 5.02 Å². The molecule has 0 saturated carbocycles. The quantitative estimate of drug-likeness (QED) is 0.843. The highest BCUT2D eigenvalue weighted by Gasteiger charge is 2.09. The van der Waals surface area contributed by atoms with Crippen molar-refractivity contribution in [3.8, 4) is 0 Å². The Bertz CT molecular complexity index is 601. The summed E-state index contributed by atoms with van der Waals surface area (Å²) in [5.41, 5.74) is 1.18. The lowest BCUT2D eigenvalue weighted by atomic mass is 10.1. The largest absolute Gasteiger partial charge is 0.378 e. The van der Waals surface area contributed by atoms with E-state index in [0.717, 1.165) is 17.7 Å². The van der Waals surface area contributed by atoms with Gasteiger partial charge in [0.2, 0.25) is 0 Å². The molecule has 0 aliphatic heterocycles. The molecule has 0 fully saturated rings. The van der Waals surface area contributed by atoms with Crippen molar-refractivity contribution in [2.45, 2.75) is 13.0 Å². The normalized spacial score (nSPS) is 12.3. The topological polar surface area (TPSA) is 12.0 Å². The predicted octanol–water partition coefficient (Wildman–Crippen LogP) is 4.93. The van der Waals surface area contributed by atoms with Crippen LogP contribution in [0.2, 0.25) is 5.02 Å². The maximum atomic E-state index is 13.1. The van der Waals surface area contributed by atoms with E-state index in [-0.39, 0.29) is 11.1 Å². The molecular weight excluding hydrogens is 275 g/mol. The van der Waals surface area contributed by atoms with Crippen molar-refractivity contribution in [1.29, 1.82) is 0 Å². The van der Waals surface area contributed by atoms with Crippen molar-refractivity contribution < 1.29 is 13.2 Å². The van der Waals surface area contributed by atoms with Gasteiger partial charge in [-0.25, -0.2) is 13.2 Å². The third-order valence-electron chi connectivity index (χ3n) is 2.75. The smallest absolute Gasteiger partial charge is 0.160 e. The number of nitrogens with one attached hydrogen (secondary N) is 1. The fourth-order valence-corrected chi connectivity index (χ4v) is 1.89. The van der Waals surface area contributed by atoms with Gasteiger partial charge in [0.15, 0.2) is 11.6 Å². The Morgan fingerprint density at radius 2 is 1.63 bits per heavy atom. The first-order valence-electron chi connectivity index (χ1n) is 5.64. The van der Waals surface area contributed by atoms with Crippen molar-refractivity contribution in [2.75, 3.05) is 5.32 Å². The van der Waals surface area contributed by atoms with Crippen LogP contribution in [0.25, 0.3) is 0 Å². The standard InChI is InChI=1S/C14H11ClF3N/c1-8(9-2-4-12(16)11(15)6-9)19-10-3-5-13(17)14(18)7-10/h2-8,19H,1H3. The summed E-state index contributed by atoms with van der Waals surface area (Å²) in [5, 5.41) is 3.01. The van der Waals surface area contributed by atoms with E-state index in [0.29, 0.717) is 5.69 Å². The third kappa shape index (κ3) is 3.20. The van der Waals surface area contributed by atoms with Crippen molar-refractivity contribution in [2.24, 2.45) is 0 Å². The van der Waals surface area contributed by atoms with Crippen LogP contribution in [-0.4, -0.2) is 0 Å². The number of hydrogen-bond donors (Lipinski definition) is 1. The molecule has 0 bridgehead atoms. The predicted molar refractivity (Wildman–Crippen MR) is 69.8 cm³/mol. The van der Waals surface area contributed by atoms with Crippen LogP contribution in [0.15, 0.2) is 36.4 Å².